The first-order valence-corrected chi connectivity index (χ1v) is 7.89. The molecule has 0 aromatic heterocycles. The number of ether oxygens (including phenoxy) is 3. The van der Waals surface area contributed by atoms with E-state index in [1.807, 2.05) is 30.3 Å². The van der Waals surface area contributed by atoms with E-state index in [0.717, 1.165) is 12.7 Å². The molecule has 0 aliphatic carbocycles. The van der Waals surface area contributed by atoms with Crippen LogP contribution in [0.2, 0.25) is 5.02 Å². The van der Waals surface area contributed by atoms with Crippen LogP contribution >= 0.6 is 11.6 Å². The van der Waals surface area contributed by atoms with Crippen LogP contribution in [0.3, 0.4) is 0 Å². The van der Waals surface area contributed by atoms with E-state index < -0.39 is 24.3 Å². The molecule has 0 fully saturated rings. The van der Waals surface area contributed by atoms with Crippen LogP contribution in [-0.4, -0.2) is 25.3 Å². The number of nitrogens with two attached hydrogens (primary N) is 1. The molecule has 2 atom stereocenters. The number of hydrogen-bond acceptors (Lipinski definition) is 6. The number of halogens is 1. The third-order valence-corrected chi connectivity index (χ3v) is 3.54. The topological polar surface area (TPSA) is 87.9 Å². The first-order chi connectivity index (χ1) is 12.0. The summed E-state index contributed by atoms with van der Waals surface area (Å²) in [5.41, 5.74) is 6.67. The second-order valence-electron chi connectivity index (χ2n) is 5.15. The Morgan fingerprint density at radius 3 is 2.44 bits per heavy atom. The maximum absolute atomic E-state index is 11.5. The number of rotatable bonds is 6. The van der Waals surface area contributed by atoms with Crippen molar-refractivity contribution in [1.82, 2.24) is 0 Å². The van der Waals surface area contributed by atoms with Crippen molar-refractivity contribution in [3.05, 3.63) is 65.2 Å². The molecule has 0 spiro atoms. The normalized spacial score (nSPS) is 12.8. The minimum atomic E-state index is -1.15. The molecule has 2 unspecified atom stereocenters. The smallest absolute Gasteiger partial charge is 0.419 e. The Morgan fingerprint density at radius 1 is 1.08 bits per heavy atom. The molecule has 0 aliphatic rings. The van der Waals surface area contributed by atoms with Crippen molar-refractivity contribution in [3.8, 4) is 5.75 Å². The predicted octanol–water partition coefficient (Wildman–Crippen LogP) is 2.85. The number of carbonyl (C=O) groups excluding carboxylic acids is 2. The first kappa shape index (κ1) is 18.8. The monoisotopic (exact) mass is 363 g/mol. The second-order valence-corrected chi connectivity index (χ2v) is 5.58. The van der Waals surface area contributed by atoms with Crippen LogP contribution in [0.5, 0.6) is 5.75 Å². The Labute approximate surface area is 150 Å². The van der Waals surface area contributed by atoms with E-state index in [1.54, 1.807) is 24.3 Å². The zero-order valence-electron chi connectivity index (χ0n) is 13.6. The van der Waals surface area contributed by atoms with Gasteiger partial charge in [-0.2, -0.15) is 0 Å². The molecular formula is C18H18ClNO5. The molecule has 0 saturated heterocycles. The van der Waals surface area contributed by atoms with Gasteiger partial charge in [-0.25, -0.2) is 9.59 Å². The van der Waals surface area contributed by atoms with E-state index in [1.165, 1.54) is 0 Å². The van der Waals surface area contributed by atoms with Gasteiger partial charge in [-0.3, -0.25) is 5.73 Å². The lowest BCUT2D eigenvalue weighted by molar-refractivity contribution is -0.169. The molecule has 0 saturated carbocycles. The fraction of sp³-hybridized carbons (Fsp3) is 0.222. The minimum Gasteiger partial charge on any atom is -0.485 e. The SMILES string of the molecule is COC(=O)C(=O)OC(N)CC(Oc1cccc(Cl)c1)c1ccccc1. The van der Waals surface area contributed by atoms with Crippen molar-refractivity contribution < 1.29 is 23.8 Å². The second kappa shape index (κ2) is 9.05. The number of benzene rings is 2. The molecule has 0 bridgehead atoms. The van der Waals surface area contributed by atoms with Crippen LogP contribution in [-0.2, 0) is 19.1 Å². The van der Waals surface area contributed by atoms with Crippen LogP contribution in [0, 0.1) is 0 Å². The average Bonchev–Trinajstić information content (AvgIpc) is 2.61. The summed E-state index contributed by atoms with van der Waals surface area (Å²) in [4.78, 5) is 22.6. The molecule has 2 N–H and O–H groups in total. The van der Waals surface area contributed by atoms with Gasteiger partial charge in [0.1, 0.15) is 11.9 Å². The van der Waals surface area contributed by atoms with Gasteiger partial charge in [-0.1, -0.05) is 48.0 Å². The number of carbonyl (C=O) groups is 2. The highest BCUT2D eigenvalue weighted by Gasteiger charge is 2.24. The summed E-state index contributed by atoms with van der Waals surface area (Å²) in [7, 11) is 1.09. The lowest BCUT2D eigenvalue weighted by Crippen LogP contribution is -2.33. The summed E-state index contributed by atoms with van der Waals surface area (Å²) in [6.07, 6.45) is -1.41. The van der Waals surface area contributed by atoms with Crippen LogP contribution in [0.25, 0.3) is 0 Å². The fourth-order valence-electron chi connectivity index (χ4n) is 2.15. The van der Waals surface area contributed by atoms with Gasteiger partial charge in [0, 0.05) is 11.4 Å². The van der Waals surface area contributed by atoms with Crippen molar-refractivity contribution in [3.63, 3.8) is 0 Å². The Morgan fingerprint density at radius 2 is 1.80 bits per heavy atom. The van der Waals surface area contributed by atoms with Gasteiger partial charge < -0.3 is 14.2 Å². The van der Waals surface area contributed by atoms with E-state index in [4.69, 9.17) is 26.8 Å². The summed E-state index contributed by atoms with van der Waals surface area (Å²) in [6, 6.07) is 16.2. The van der Waals surface area contributed by atoms with Crippen LogP contribution in [0.1, 0.15) is 18.1 Å². The summed E-state index contributed by atoms with van der Waals surface area (Å²) in [5.74, 6) is -1.71. The highest BCUT2D eigenvalue weighted by Crippen LogP contribution is 2.27. The van der Waals surface area contributed by atoms with E-state index in [0.29, 0.717) is 10.8 Å². The van der Waals surface area contributed by atoms with Gasteiger partial charge >= 0.3 is 11.9 Å². The molecule has 0 aliphatic heterocycles. The van der Waals surface area contributed by atoms with Crippen molar-refractivity contribution >= 4 is 23.5 Å². The molecule has 7 heteroatoms. The third kappa shape index (κ3) is 5.77. The van der Waals surface area contributed by atoms with Gasteiger partial charge in [0.25, 0.3) is 0 Å². The zero-order chi connectivity index (χ0) is 18.2. The molecule has 2 rings (SSSR count). The molecule has 0 heterocycles. The van der Waals surface area contributed by atoms with E-state index in [2.05, 4.69) is 4.74 Å². The van der Waals surface area contributed by atoms with Gasteiger partial charge in [0.15, 0.2) is 6.23 Å². The molecule has 0 amide bonds. The van der Waals surface area contributed by atoms with Crippen molar-refractivity contribution in [2.24, 2.45) is 5.73 Å². The quantitative estimate of drug-likeness (QED) is 0.482. The Balaban J connectivity index is 2.12. The molecule has 2 aromatic rings. The van der Waals surface area contributed by atoms with E-state index in [9.17, 15) is 9.59 Å². The number of esters is 2. The Bertz CT molecular complexity index is 722. The Hall–Kier alpha value is -2.57. The fourth-order valence-corrected chi connectivity index (χ4v) is 2.33. The van der Waals surface area contributed by atoms with Crippen molar-refractivity contribution in [2.75, 3.05) is 7.11 Å². The van der Waals surface area contributed by atoms with Crippen LogP contribution in [0.4, 0.5) is 0 Å². The molecule has 132 valence electrons. The average molecular weight is 364 g/mol. The van der Waals surface area contributed by atoms with E-state index >= 15 is 0 Å². The summed E-state index contributed by atoms with van der Waals surface area (Å²) in [5, 5.41) is 0.533. The number of methoxy groups -OCH3 is 1. The highest BCUT2D eigenvalue weighted by molar-refractivity contribution is 6.30. The maximum Gasteiger partial charge on any atom is 0.419 e. The van der Waals surface area contributed by atoms with Gasteiger partial charge in [-0.05, 0) is 23.8 Å². The van der Waals surface area contributed by atoms with E-state index in [-0.39, 0.29) is 6.42 Å². The van der Waals surface area contributed by atoms with Crippen molar-refractivity contribution in [2.45, 2.75) is 18.8 Å². The summed E-state index contributed by atoms with van der Waals surface area (Å²) in [6.45, 7) is 0. The first-order valence-electron chi connectivity index (χ1n) is 7.51. The Kier molecular flexibility index (Phi) is 6.80. The molecule has 0 radical (unpaired) electrons. The summed E-state index contributed by atoms with van der Waals surface area (Å²) < 4.78 is 15.1. The molecule has 2 aromatic carbocycles. The van der Waals surface area contributed by atoms with Gasteiger partial charge in [-0.15, -0.1) is 0 Å². The lowest BCUT2D eigenvalue weighted by atomic mass is 10.1. The minimum absolute atomic E-state index is 0.138. The molecule has 6 nitrogen and oxygen atoms in total. The predicted molar refractivity (Wildman–Crippen MR) is 92.0 cm³/mol. The summed E-state index contributed by atoms with van der Waals surface area (Å²) >= 11 is 5.97. The lowest BCUT2D eigenvalue weighted by Gasteiger charge is -2.22. The zero-order valence-corrected chi connectivity index (χ0v) is 14.3. The van der Waals surface area contributed by atoms with Crippen molar-refractivity contribution in [1.29, 1.82) is 0 Å². The van der Waals surface area contributed by atoms with Crippen LogP contribution in [0.15, 0.2) is 54.6 Å². The maximum atomic E-state index is 11.5. The van der Waals surface area contributed by atoms with Crippen LogP contribution < -0.4 is 10.5 Å². The van der Waals surface area contributed by atoms with Gasteiger partial charge in [0.2, 0.25) is 0 Å². The molecular weight excluding hydrogens is 346 g/mol. The largest absolute Gasteiger partial charge is 0.485 e. The highest BCUT2D eigenvalue weighted by atomic mass is 35.5. The molecule has 25 heavy (non-hydrogen) atoms. The standard InChI is InChI=1S/C18H18ClNO5/c1-23-17(21)18(22)25-16(20)11-15(12-6-3-2-4-7-12)24-14-9-5-8-13(19)10-14/h2-10,15-16H,11,20H2,1H3. The van der Waals surface area contributed by atoms with Gasteiger partial charge in [0.05, 0.1) is 7.11 Å². The third-order valence-electron chi connectivity index (χ3n) is 3.30. The number of hydrogen-bond donors (Lipinski definition) is 1.